The summed E-state index contributed by atoms with van der Waals surface area (Å²) in [6.07, 6.45) is 0. The fourth-order valence-corrected chi connectivity index (χ4v) is 10.3. The average Bonchev–Trinajstić information content (AvgIpc) is 3.76. The van der Waals surface area contributed by atoms with E-state index in [2.05, 4.69) is 248 Å². The maximum absolute atomic E-state index is 12.7. The van der Waals surface area contributed by atoms with Crippen molar-refractivity contribution in [3.05, 3.63) is 176 Å². The minimum Gasteiger partial charge on any atom is -0.507 e. The summed E-state index contributed by atoms with van der Waals surface area (Å²) in [5.74, 6) is 0.481. The molecule has 9 aromatic rings. The van der Waals surface area contributed by atoms with E-state index in [-0.39, 0.29) is 73.9 Å². The van der Waals surface area contributed by atoms with Crippen LogP contribution in [0.2, 0.25) is 0 Å². The number of aryl methyl sites for hydroxylation is 4. The molecule has 0 aliphatic rings. The summed E-state index contributed by atoms with van der Waals surface area (Å²) >= 11 is 0. The number of hydrogen-bond acceptors (Lipinski definition) is 3. The van der Waals surface area contributed by atoms with Gasteiger partial charge in [-0.15, -0.1) is 0 Å². The Morgan fingerprint density at radius 1 is 0.397 bits per heavy atom. The van der Waals surface area contributed by atoms with Gasteiger partial charge < -0.3 is 34.2 Å². The summed E-state index contributed by atoms with van der Waals surface area (Å²) in [5, 5.41) is 27.6. The minimum absolute atomic E-state index is 0. The summed E-state index contributed by atoms with van der Waals surface area (Å²) < 4.78 is 4.41. The summed E-state index contributed by atoms with van der Waals surface area (Å²) in [4.78, 5) is 5.64. The Hall–Kier alpha value is -5.98. The molecular formula is C67H77HfN3O2-2. The Morgan fingerprint density at radius 3 is 1.01 bits per heavy atom. The first-order valence-electron chi connectivity index (χ1n) is 24.9. The van der Waals surface area contributed by atoms with E-state index in [1.54, 1.807) is 0 Å². The average molecular weight is 1130 g/mol. The second-order valence-corrected chi connectivity index (χ2v) is 24.0. The molecule has 0 radical (unpaired) electrons. The van der Waals surface area contributed by atoms with Crippen LogP contribution in [-0.2, 0) is 61.6 Å². The Bertz CT molecular complexity index is 3240. The van der Waals surface area contributed by atoms with Gasteiger partial charge in [-0.05, 0) is 129 Å². The topological polar surface area (TPSA) is 63.2 Å². The van der Waals surface area contributed by atoms with E-state index in [0.29, 0.717) is 0 Å². The van der Waals surface area contributed by atoms with Crippen LogP contribution in [0, 0.1) is 28.7 Å². The molecule has 6 heteroatoms. The third-order valence-corrected chi connectivity index (χ3v) is 14.4. The molecule has 0 unspecified atom stereocenters. The Labute approximate surface area is 456 Å². The molecular weight excluding hydrogens is 1060 g/mol. The first-order valence-corrected chi connectivity index (χ1v) is 24.9. The van der Waals surface area contributed by atoms with Gasteiger partial charge >= 0.3 is 0 Å². The number of aromatic nitrogens is 3. The maximum atomic E-state index is 12.7. The Kier molecular flexibility index (Phi) is 15.5. The quantitative estimate of drug-likeness (QED) is 0.129. The number of hydrogen-bond donors (Lipinski definition) is 2. The molecule has 0 atom stereocenters. The molecule has 0 aliphatic heterocycles. The zero-order valence-corrected chi connectivity index (χ0v) is 50.5. The number of fused-ring (bicyclic) bond motifs is 2. The number of para-hydroxylation sites is 2. The molecule has 5 nitrogen and oxygen atoms in total. The zero-order chi connectivity index (χ0) is 50.6. The normalized spacial score (nSPS) is 12.2. The summed E-state index contributed by atoms with van der Waals surface area (Å²) in [5.41, 5.74) is 19.2. The predicted octanol–water partition coefficient (Wildman–Crippen LogP) is 18.2. The SMILES string of the molecule is Cc1cc(-c2cc(C(C)(C)C)cc(C(C)(C)C)c2)c(O)c(-c2c(-c3cccc(-c4c(-c5cc(C)cc(-c6cc(C(C)(C)C)cc(C(C)(C)C)c6)c5O)n(C)c5ccccc45)n3)c3ccccc3n2C)c1.[CH3-].[CH3-].[Hf]. The van der Waals surface area contributed by atoms with Gasteiger partial charge in [0.05, 0.1) is 22.8 Å². The van der Waals surface area contributed by atoms with E-state index in [1.165, 1.54) is 22.3 Å². The van der Waals surface area contributed by atoms with Gasteiger partial charge in [-0.3, -0.25) is 0 Å². The second kappa shape index (κ2) is 20.0. The fraction of sp³-hybridized carbons (Fsp3) is 0.299. The van der Waals surface area contributed by atoms with Crippen LogP contribution in [0.3, 0.4) is 0 Å². The van der Waals surface area contributed by atoms with Gasteiger partial charge in [-0.2, -0.15) is 0 Å². The first kappa shape index (κ1) is 56.3. The van der Waals surface area contributed by atoms with E-state index in [9.17, 15) is 10.2 Å². The molecule has 6 aromatic carbocycles. The van der Waals surface area contributed by atoms with E-state index >= 15 is 0 Å². The zero-order valence-electron chi connectivity index (χ0n) is 46.9. The Morgan fingerprint density at radius 2 is 0.699 bits per heavy atom. The van der Waals surface area contributed by atoms with Crippen molar-refractivity contribution in [1.82, 2.24) is 14.1 Å². The van der Waals surface area contributed by atoms with Gasteiger partial charge in [0.2, 0.25) is 0 Å². The van der Waals surface area contributed by atoms with Crippen molar-refractivity contribution >= 4 is 21.8 Å². The summed E-state index contributed by atoms with van der Waals surface area (Å²) in [6.45, 7) is 31.2. The number of phenols is 2. The largest absolute Gasteiger partial charge is 0.507 e. The molecule has 0 saturated heterocycles. The molecule has 0 amide bonds. The maximum Gasteiger partial charge on any atom is 0.132 e. The van der Waals surface area contributed by atoms with Crippen LogP contribution in [0.1, 0.15) is 116 Å². The van der Waals surface area contributed by atoms with Crippen LogP contribution in [0.4, 0.5) is 0 Å². The van der Waals surface area contributed by atoms with Crippen LogP contribution in [-0.4, -0.2) is 24.3 Å². The van der Waals surface area contributed by atoms with Crippen LogP contribution < -0.4 is 0 Å². The number of pyridine rings is 1. The molecule has 0 aliphatic carbocycles. The van der Waals surface area contributed by atoms with Crippen molar-refractivity contribution in [3.8, 4) is 78.8 Å². The van der Waals surface area contributed by atoms with Crippen LogP contribution in [0.5, 0.6) is 11.5 Å². The van der Waals surface area contributed by atoms with Crippen molar-refractivity contribution in [2.75, 3.05) is 0 Å². The van der Waals surface area contributed by atoms with E-state index < -0.39 is 0 Å². The van der Waals surface area contributed by atoms with Gasteiger partial charge in [-0.25, -0.2) is 4.98 Å². The first-order chi connectivity index (χ1) is 32.7. The second-order valence-electron chi connectivity index (χ2n) is 24.0. The van der Waals surface area contributed by atoms with Crippen molar-refractivity contribution in [2.24, 2.45) is 14.1 Å². The van der Waals surface area contributed by atoms with E-state index in [4.69, 9.17) is 4.98 Å². The fourth-order valence-electron chi connectivity index (χ4n) is 10.3. The standard InChI is InChI=1S/C65H71N3O2.2CH3.Hf/c1-38-28-48(40-32-42(62(3,4)5)36-43(33-40)63(6,7)8)60(69)50(30-38)58-56(46-22-17-19-26-54(46)67(58)15)52-24-21-25-53(66-52)57-47-23-18-20-27-55(47)68(16)59(57)51-31-39(2)29-49(61(51)70)41-34-44(64(9,10)11)37-45(35-41)65(12,13)14;;;/h17-37,69-70H,1-16H3;2*1H3;/q;2*-1;. The molecule has 0 fully saturated rings. The van der Waals surface area contributed by atoms with Crippen LogP contribution >= 0.6 is 0 Å². The third kappa shape index (κ3) is 10.3. The molecule has 2 N–H and O–H groups in total. The van der Waals surface area contributed by atoms with Crippen molar-refractivity contribution < 1.29 is 36.1 Å². The van der Waals surface area contributed by atoms with Crippen LogP contribution in [0.15, 0.2) is 127 Å². The molecule has 0 spiro atoms. The van der Waals surface area contributed by atoms with Crippen molar-refractivity contribution in [2.45, 2.75) is 119 Å². The predicted molar refractivity (Wildman–Crippen MR) is 310 cm³/mol. The van der Waals surface area contributed by atoms with Crippen molar-refractivity contribution in [1.29, 1.82) is 0 Å². The van der Waals surface area contributed by atoms with Crippen molar-refractivity contribution in [3.63, 3.8) is 0 Å². The number of aromatic hydroxyl groups is 2. The monoisotopic (exact) mass is 1140 g/mol. The smallest absolute Gasteiger partial charge is 0.132 e. The van der Waals surface area contributed by atoms with Gasteiger partial charge in [0.1, 0.15) is 11.5 Å². The molecule has 378 valence electrons. The number of benzene rings is 6. The number of rotatable bonds is 6. The Balaban J connectivity index is 0.00000290. The van der Waals surface area contributed by atoms with Crippen LogP contribution in [0.25, 0.3) is 89.1 Å². The molecule has 3 aromatic heterocycles. The summed E-state index contributed by atoms with van der Waals surface area (Å²) in [6, 6.07) is 45.3. The van der Waals surface area contributed by atoms with Gasteiger partial charge in [-0.1, -0.05) is 162 Å². The minimum atomic E-state index is -0.0868. The van der Waals surface area contributed by atoms with Gasteiger partial charge in [0.15, 0.2) is 0 Å². The third-order valence-electron chi connectivity index (χ3n) is 14.4. The number of nitrogens with zero attached hydrogens (tertiary/aromatic N) is 3. The van der Waals surface area contributed by atoms with Gasteiger partial charge in [0, 0.05) is 95.1 Å². The van der Waals surface area contributed by atoms with E-state index in [0.717, 1.165) is 100 Å². The molecule has 9 rings (SSSR count). The molecule has 73 heavy (non-hydrogen) atoms. The molecule has 0 bridgehead atoms. The van der Waals surface area contributed by atoms with Gasteiger partial charge in [0.25, 0.3) is 0 Å². The van der Waals surface area contributed by atoms with E-state index in [1.807, 2.05) is 0 Å². The molecule has 3 heterocycles. The molecule has 0 saturated carbocycles. The number of phenolic OH excluding ortho intramolecular Hbond substituents is 2. The summed E-state index contributed by atoms with van der Waals surface area (Å²) in [7, 11) is 4.18.